The van der Waals surface area contributed by atoms with E-state index in [1.807, 2.05) is 36.4 Å². The van der Waals surface area contributed by atoms with Gasteiger partial charge in [0, 0.05) is 28.7 Å². The monoisotopic (exact) mass is 401 g/mol. The topological polar surface area (TPSA) is 46.4 Å². The number of rotatable bonds is 5. The summed E-state index contributed by atoms with van der Waals surface area (Å²) in [7, 11) is 0. The van der Waals surface area contributed by atoms with Gasteiger partial charge in [0.1, 0.15) is 0 Å². The van der Waals surface area contributed by atoms with Gasteiger partial charge in [0.25, 0.3) is 5.91 Å². The van der Waals surface area contributed by atoms with Crippen LogP contribution in [0.1, 0.15) is 23.7 Å². The molecule has 0 atom stereocenters. The lowest BCUT2D eigenvalue weighted by Crippen LogP contribution is -2.19. The summed E-state index contributed by atoms with van der Waals surface area (Å²) in [4.78, 5) is 17.8. The number of hydrogen-bond acceptors (Lipinski definition) is 3. The molecule has 5 heteroatoms. The Labute approximate surface area is 175 Å². The fraction of sp³-hybridized carbons (Fsp3) is 0.167. The van der Waals surface area contributed by atoms with Crippen LogP contribution in [-0.2, 0) is 17.8 Å². The van der Waals surface area contributed by atoms with Crippen molar-refractivity contribution in [2.24, 2.45) is 4.99 Å². The maximum atomic E-state index is 12.6. The summed E-state index contributed by atoms with van der Waals surface area (Å²) in [6.45, 7) is 8.81. The molecule has 4 nitrogen and oxygen atoms in total. The molecule has 2 heterocycles. The third-order valence-electron chi connectivity index (χ3n) is 5.09. The van der Waals surface area contributed by atoms with Gasteiger partial charge in [-0.3, -0.25) is 4.79 Å². The first-order valence-corrected chi connectivity index (χ1v) is 10.5. The first-order valence-electron chi connectivity index (χ1n) is 9.68. The number of carbonyl (C=O) groups is 1. The number of allylic oxidation sites excluding steroid dienone is 1. The van der Waals surface area contributed by atoms with Crippen molar-refractivity contribution in [3.8, 4) is 0 Å². The second-order valence-corrected chi connectivity index (χ2v) is 7.95. The van der Waals surface area contributed by atoms with Crippen LogP contribution in [0, 0.1) is 6.92 Å². The summed E-state index contributed by atoms with van der Waals surface area (Å²) < 4.78 is 2.22. The van der Waals surface area contributed by atoms with E-state index in [9.17, 15) is 4.79 Å². The fourth-order valence-electron chi connectivity index (χ4n) is 3.54. The number of nitrogens with zero attached hydrogens (tertiary/aromatic N) is 2. The Hall–Kier alpha value is -3.05. The third-order valence-corrected chi connectivity index (χ3v) is 6.00. The molecule has 1 N–H and O–H groups in total. The van der Waals surface area contributed by atoms with E-state index >= 15 is 0 Å². The highest BCUT2D eigenvalue weighted by Gasteiger charge is 2.25. The summed E-state index contributed by atoms with van der Waals surface area (Å²) in [5.74, 6) is -0.112. The number of aromatic nitrogens is 1. The highest BCUT2D eigenvalue weighted by atomic mass is 32.2. The highest BCUT2D eigenvalue weighted by molar-refractivity contribution is 8.18. The van der Waals surface area contributed by atoms with Gasteiger partial charge in [-0.05, 0) is 54.9 Å². The summed E-state index contributed by atoms with van der Waals surface area (Å²) in [5.41, 5.74) is 5.43. The van der Waals surface area contributed by atoms with Crippen LogP contribution in [0.3, 0.4) is 0 Å². The van der Waals surface area contributed by atoms with Gasteiger partial charge in [0.2, 0.25) is 0 Å². The Morgan fingerprint density at radius 1 is 1.17 bits per heavy atom. The Balaban J connectivity index is 1.68. The molecule has 1 fully saturated rings. The van der Waals surface area contributed by atoms with E-state index in [2.05, 4.69) is 59.6 Å². The largest absolute Gasteiger partial charge is 0.340 e. The Morgan fingerprint density at radius 2 is 1.93 bits per heavy atom. The quantitative estimate of drug-likeness (QED) is 0.447. The maximum Gasteiger partial charge on any atom is 0.264 e. The molecule has 146 valence electrons. The molecule has 1 aromatic heterocycles. The van der Waals surface area contributed by atoms with Crippen LogP contribution < -0.4 is 5.32 Å². The summed E-state index contributed by atoms with van der Waals surface area (Å²) in [6, 6.07) is 16.3. The van der Waals surface area contributed by atoms with E-state index in [1.165, 1.54) is 17.3 Å². The van der Waals surface area contributed by atoms with E-state index < -0.39 is 0 Å². The number of nitrogens with one attached hydrogen (secondary N) is 1. The van der Waals surface area contributed by atoms with Gasteiger partial charge < -0.3 is 9.88 Å². The smallest absolute Gasteiger partial charge is 0.264 e. The first kappa shape index (κ1) is 19.3. The van der Waals surface area contributed by atoms with Gasteiger partial charge in [-0.2, -0.15) is 0 Å². The number of para-hydroxylation sites is 1. The highest BCUT2D eigenvalue weighted by Crippen LogP contribution is 2.33. The van der Waals surface area contributed by atoms with Crippen molar-refractivity contribution < 1.29 is 4.79 Å². The van der Waals surface area contributed by atoms with Gasteiger partial charge in [-0.1, -0.05) is 43.3 Å². The van der Waals surface area contributed by atoms with Crippen molar-refractivity contribution in [2.45, 2.75) is 26.8 Å². The standard InChI is InChI=1S/C24H23N3OS/c1-4-14-27-16(3)20(19-8-6-7-9-21(19)27)15-22-23(28)26-24(29-22)25-18-12-10-17(5-2)11-13-18/h4,6-13,15H,1,5,14H2,2-3H3,(H,25,26,28)/b22-15-. The number of hydrogen-bond donors (Lipinski definition) is 1. The average molecular weight is 402 g/mol. The lowest BCUT2D eigenvalue weighted by molar-refractivity contribution is -0.115. The number of amides is 1. The van der Waals surface area contributed by atoms with E-state index in [1.54, 1.807) is 0 Å². The Kier molecular flexibility index (Phi) is 5.41. The fourth-order valence-corrected chi connectivity index (χ4v) is 4.36. The van der Waals surface area contributed by atoms with E-state index in [-0.39, 0.29) is 5.91 Å². The number of fused-ring (bicyclic) bond motifs is 1. The van der Waals surface area contributed by atoms with Crippen molar-refractivity contribution in [3.63, 3.8) is 0 Å². The first-order chi connectivity index (χ1) is 14.1. The minimum Gasteiger partial charge on any atom is -0.340 e. The van der Waals surface area contributed by atoms with Gasteiger partial charge >= 0.3 is 0 Å². The number of thioether (sulfide) groups is 1. The van der Waals surface area contributed by atoms with Crippen LogP contribution in [0.25, 0.3) is 17.0 Å². The SMILES string of the molecule is C=CCn1c(C)c(/C=C2\SC(=Nc3ccc(CC)cc3)NC2=O)c2ccccc21. The maximum absolute atomic E-state index is 12.6. The van der Waals surface area contributed by atoms with Crippen molar-refractivity contribution in [1.29, 1.82) is 0 Å². The average Bonchev–Trinajstić information content (AvgIpc) is 3.21. The number of aryl methyl sites for hydroxylation is 1. The zero-order chi connectivity index (χ0) is 20.4. The van der Waals surface area contributed by atoms with Crippen LogP contribution >= 0.6 is 11.8 Å². The molecule has 1 aliphatic heterocycles. The number of carbonyl (C=O) groups excluding carboxylic acids is 1. The van der Waals surface area contributed by atoms with Crippen molar-refractivity contribution >= 4 is 45.5 Å². The second kappa shape index (κ2) is 8.13. The van der Waals surface area contributed by atoms with Crippen LogP contribution in [-0.4, -0.2) is 15.6 Å². The summed E-state index contributed by atoms with van der Waals surface area (Å²) in [5, 5.41) is 4.63. The van der Waals surface area contributed by atoms with Gasteiger partial charge in [-0.25, -0.2) is 4.99 Å². The molecule has 1 saturated heterocycles. The summed E-state index contributed by atoms with van der Waals surface area (Å²) >= 11 is 1.38. The van der Waals surface area contributed by atoms with Crippen LogP contribution in [0.4, 0.5) is 5.69 Å². The van der Waals surface area contributed by atoms with Crippen LogP contribution in [0.5, 0.6) is 0 Å². The predicted octanol–water partition coefficient (Wildman–Crippen LogP) is 5.59. The number of amidine groups is 1. The zero-order valence-electron chi connectivity index (χ0n) is 16.6. The minimum absolute atomic E-state index is 0.112. The molecule has 0 saturated carbocycles. The molecule has 0 bridgehead atoms. The Morgan fingerprint density at radius 3 is 2.66 bits per heavy atom. The number of aliphatic imine (C=N–C) groups is 1. The molecule has 3 aromatic rings. The minimum atomic E-state index is -0.112. The van der Waals surface area contributed by atoms with Crippen LogP contribution in [0.15, 0.2) is 71.1 Å². The predicted molar refractivity (Wildman–Crippen MR) is 123 cm³/mol. The van der Waals surface area contributed by atoms with Gasteiger partial charge in [0.15, 0.2) is 5.17 Å². The van der Waals surface area contributed by atoms with Crippen LogP contribution in [0.2, 0.25) is 0 Å². The molecule has 29 heavy (non-hydrogen) atoms. The molecule has 0 aliphatic carbocycles. The molecular formula is C24H23N3OS. The van der Waals surface area contributed by atoms with Crippen molar-refractivity contribution in [2.75, 3.05) is 0 Å². The van der Waals surface area contributed by atoms with Gasteiger partial charge in [0.05, 0.1) is 10.6 Å². The van der Waals surface area contributed by atoms with Crippen molar-refractivity contribution in [3.05, 3.63) is 82.9 Å². The van der Waals surface area contributed by atoms with E-state index in [4.69, 9.17) is 0 Å². The molecule has 0 spiro atoms. The molecule has 0 radical (unpaired) electrons. The molecule has 0 unspecified atom stereocenters. The van der Waals surface area contributed by atoms with E-state index in [0.717, 1.165) is 40.8 Å². The summed E-state index contributed by atoms with van der Waals surface area (Å²) in [6.07, 6.45) is 4.86. The van der Waals surface area contributed by atoms with Gasteiger partial charge in [-0.15, -0.1) is 6.58 Å². The number of benzene rings is 2. The second-order valence-electron chi connectivity index (χ2n) is 6.92. The van der Waals surface area contributed by atoms with Crippen molar-refractivity contribution in [1.82, 2.24) is 9.88 Å². The Bertz CT molecular complexity index is 1150. The zero-order valence-corrected chi connectivity index (χ0v) is 17.4. The lowest BCUT2D eigenvalue weighted by atomic mass is 10.1. The molecule has 1 amide bonds. The molecule has 1 aliphatic rings. The third kappa shape index (κ3) is 3.78. The normalized spacial score (nSPS) is 16.7. The lowest BCUT2D eigenvalue weighted by Gasteiger charge is -2.04. The molecular weight excluding hydrogens is 378 g/mol. The molecule has 2 aromatic carbocycles. The molecule has 4 rings (SSSR count). The van der Waals surface area contributed by atoms with E-state index in [0.29, 0.717) is 10.1 Å².